The zero-order valence-electron chi connectivity index (χ0n) is 15.7. The molecular formula is C20H28N3O2S+. The molecular weight excluding hydrogens is 346 g/mol. The van der Waals surface area contributed by atoms with Crippen LogP contribution in [0.5, 0.6) is 0 Å². The number of nitrogens with zero attached hydrogens (tertiary/aromatic N) is 1. The molecule has 0 unspecified atom stereocenters. The van der Waals surface area contributed by atoms with Crippen molar-refractivity contribution in [3.8, 4) is 0 Å². The van der Waals surface area contributed by atoms with E-state index in [2.05, 4.69) is 16.5 Å². The first-order valence-corrected chi connectivity index (χ1v) is 10.7. The fourth-order valence-corrected chi connectivity index (χ4v) is 4.85. The van der Waals surface area contributed by atoms with Gasteiger partial charge in [-0.3, -0.25) is 4.72 Å². The van der Waals surface area contributed by atoms with Crippen molar-refractivity contribution in [1.82, 2.24) is 0 Å². The molecule has 0 amide bonds. The van der Waals surface area contributed by atoms with Crippen LogP contribution >= 0.6 is 0 Å². The van der Waals surface area contributed by atoms with Gasteiger partial charge in [-0.05, 0) is 50.1 Å². The number of quaternary nitrogens is 1. The summed E-state index contributed by atoms with van der Waals surface area (Å²) in [7, 11) is -3.62. The molecule has 0 aliphatic carbocycles. The van der Waals surface area contributed by atoms with Crippen LogP contribution in [0, 0.1) is 13.8 Å². The van der Waals surface area contributed by atoms with Crippen molar-refractivity contribution in [1.29, 1.82) is 0 Å². The summed E-state index contributed by atoms with van der Waals surface area (Å²) >= 11 is 0. The number of anilines is 2. The molecule has 0 atom stereocenters. The molecule has 0 spiro atoms. The molecule has 1 heterocycles. The zero-order valence-corrected chi connectivity index (χ0v) is 16.6. The maximum absolute atomic E-state index is 13.0. The number of aryl methyl sites for hydroxylation is 2. The summed E-state index contributed by atoms with van der Waals surface area (Å²) in [4.78, 5) is 4.21. The number of likely N-dealkylation sites (N-methyl/N-ethyl adjacent to an activating group) is 1. The van der Waals surface area contributed by atoms with Gasteiger partial charge in [-0.1, -0.05) is 24.3 Å². The minimum atomic E-state index is -3.62. The largest absolute Gasteiger partial charge is 0.359 e. The molecule has 6 heteroatoms. The number of hydrogen-bond donors (Lipinski definition) is 2. The Labute approximate surface area is 156 Å². The van der Waals surface area contributed by atoms with Gasteiger partial charge in [-0.2, -0.15) is 0 Å². The summed E-state index contributed by atoms with van der Waals surface area (Å²) in [5.74, 6) is 0. The van der Waals surface area contributed by atoms with Crippen LogP contribution in [0.1, 0.15) is 18.1 Å². The van der Waals surface area contributed by atoms with Crippen LogP contribution in [0.4, 0.5) is 11.4 Å². The summed E-state index contributed by atoms with van der Waals surface area (Å²) in [6.07, 6.45) is 0. The minimum absolute atomic E-state index is 0.340. The smallest absolute Gasteiger partial charge is 0.262 e. The molecule has 0 bridgehead atoms. The Morgan fingerprint density at radius 1 is 1.08 bits per heavy atom. The number of rotatable bonds is 5. The highest BCUT2D eigenvalue weighted by atomic mass is 32.2. The number of sulfonamides is 1. The Morgan fingerprint density at radius 3 is 2.46 bits per heavy atom. The van der Waals surface area contributed by atoms with Crippen LogP contribution in [-0.4, -0.2) is 41.1 Å². The van der Waals surface area contributed by atoms with Crippen molar-refractivity contribution in [3.63, 3.8) is 0 Å². The normalized spacial score (nSPS) is 15.9. The highest BCUT2D eigenvalue weighted by Crippen LogP contribution is 2.29. The van der Waals surface area contributed by atoms with Gasteiger partial charge in [0, 0.05) is 0 Å². The highest BCUT2D eigenvalue weighted by Gasteiger charge is 2.23. The van der Waals surface area contributed by atoms with E-state index < -0.39 is 10.0 Å². The minimum Gasteiger partial charge on any atom is -0.359 e. The second-order valence-corrected chi connectivity index (χ2v) is 8.63. The number of piperazine rings is 1. The molecule has 1 aliphatic heterocycles. The molecule has 2 N–H and O–H groups in total. The average molecular weight is 375 g/mol. The monoisotopic (exact) mass is 374 g/mol. The molecule has 26 heavy (non-hydrogen) atoms. The van der Waals surface area contributed by atoms with Gasteiger partial charge in [-0.25, -0.2) is 8.42 Å². The quantitative estimate of drug-likeness (QED) is 0.840. The molecule has 2 aromatic carbocycles. The third-order valence-electron chi connectivity index (χ3n) is 5.09. The Balaban J connectivity index is 1.88. The fourth-order valence-electron chi connectivity index (χ4n) is 3.45. The molecule has 1 fully saturated rings. The van der Waals surface area contributed by atoms with Crippen molar-refractivity contribution in [2.45, 2.75) is 25.7 Å². The van der Waals surface area contributed by atoms with Gasteiger partial charge in [0.2, 0.25) is 0 Å². The lowest BCUT2D eigenvalue weighted by Gasteiger charge is -2.34. The number of nitrogens with one attached hydrogen (secondary N) is 2. The van der Waals surface area contributed by atoms with Crippen LogP contribution in [0.15, 0.2) is 47.4 Å². The van der Waals surface area contributed by atoms with Gasteiger partial charge < -0.3 is 9.80 Å². The molecule has 5 nitrogen and oxygen atoms in total. The highest BCUT2D eigenvalue weighted by molar-refractivity contribution is 7.92. The first-order valence-electron chi connectivity index (χ1n) is 9.18. The molecule has 1 aliphatic rings. The molecule has 2 aromatic rings. The Morgan fingerprint density at radius 2 is 1.77 bits per heavy atom. The number of benzene rings is 2. The lowest BCUT2D eigenvalue weighted by Crippen LogP contribution is -3.14. The Bertz CT molecular complexity index is 872. The Hall–Kier alpha value is -2.05. The second kappa shape index (κ2) is 7.68. The third-order valence-corrected chi connectivity index (χ3v) is 6.60. The maximum atomic E-state index is 13.0. The average Bonchev–Trinajstić information content (AvgIpc) is 2.64. The summed E-state index contributed by atoms with van der Waals surface area (Å²) in [5, 5.41) is 0. The van der Waals surface area contributed by atoms with Gasteiger partial charge in [0.25, 0.3) is 10.0 Å². The molecule has 140 valence electrons. The molecule has 0 radical (unpaired) electrons. The predicted octanol–water partition coefficient (Wildman–Crippen LogP) is 1.83. The lowest BCUT2D eigenvalue weighted by molar-refractivity contribution is -0.898. The van der Waals surface area contributed by atoms with Crippen molar-refractivity contribution < 1.29 is 13.3 Å². The van der Waals surface area contributed by atoms with E-state index in [-0.39, 0.29) is 0 Å². The van der Waals surface area contributed by atoms with E-state index in [1.54, 1.807) is 11.0 Å². The van der Waals surface area contributed by atoms with E-state index in [4.69, 9.17) is 0 Å². The number of para-hydroxylation sites is 2. The third kappa shape index (κ3) is 4.02. The van der Waals surface area contributed by atoms with E-state index in [1.807, 2.05) is 50.2 Å². The fraction of sp³-hybridized carbons (Fsp3) is 0.400. The van der Waals surface area contributed by atoms with Gasteiger partial charge in [-0.15, -0.1) is 0 Å². The first-order chi connectivity index (χ1) is 12.4. The second-order valence-electron chi connectivity index (χ2n) is 6.98. The SMILES string of the molecule is CC[NH+]1CCN(c2ccccc2NS(=O)(=O)c2cc(C)ccc2C)CC1. The van der Waals surface area contributed by atoms with Crippen molar-refractivity contribution in [2.75, 3.05) is 42.3 Å². The summed E-state index contributed by atoms with van der Waals surface area (Å²) in [6.45, 7) is 11.1. The van der Waals surface area contributed by atoms with Crippen LogP contribution in [-0.2, 0) is 10.0 Å². The lowest BCUT2D eigenvalue weighted by atomic mass is 10.2. The van der Waals surface area contributed by atoms with E-state index >= 15 is 0 Å². The molecule has 1 saturated heterocycles. The molecule has 0 saturated carbocycles. The van der Waals surface area contributed by atoms with Crippen LogP contribution in [0.25, 0.3) is 0 Å². The topological polar surface area (TPSA) is 53.9 Å². The Kier molecular flexibility index (Phi) is 5.53. The predicted molar refractivity (Wildman–Crippen MR) is 107 cm³/mol. The van der Waals surface area contributed by atoms with Gasteiger partial charge in [0.05, 0.1) is 49.0 Å². The van der Waals surface area contributed by atoms with Gasteiger partial charge >= 0.3 is 0 Å². The standard InChI is InChI=1S/C20H27N3O2S/c1-4-22-11-13-23(14-12-22)19-8-6-5-7-18(19)21-26(24,25)20-15-16(2)9-10-17(20)3/h5-10,15,21H,4,11-14H2,1-3H3/p+1. The maximum Gasteiger partial charge on any atom is 0.262 e. The van der Waals surface area contributed by atoms with Crippen molar-refractivity contribution in [2.24, 2.45) is 0 Å². The van der Waals surface area contributed by atoms with Crippen molar-refractivity contribution in [3.05, 3.63) is 53.6 Å². The van der Waals surface area contributed by atoms with Crippen LogP contribution < -0.4 is 14.5 Å². The van der Waals surface area contributed by atoms with Crippen LogP contribution in [0.2, 0.25) is 0 Å². The van der Waals surface area contributed by atoms with E-state index in [0.29, 0.717) is 10.6 Å². The van der Waals surface area contributed by atoms with Gasteiger partial charge in [0.15, 0.2) is 0 Å². The van der Waals surface area contributed by atoms with Crippen LogP contribution in [0.3, 0.4) is 0 Å². The summed E-state index contributed by atoms with van der Waals surface area (Å²) in [6, 6.07) is 13.2. The molecule has 0 aromatic heterocycles. The van der Waals surface area contributed by atoms with E-state index in [0.717, 1.165) is 49.5 Å². The molecule has 3 rings (SSSR count). The van der Waals surface area contributed by atoms with E-state index in [1.165, 1.54) is 0 Å². The summed E-state index contributed by atoms with van der Waals surface area (Å²) < 4.78 is 28.8. The number of hydrogen-bond acceptors (Lipinski definition) is 3. The van der Waals surface area contributed by atoms with E-state index in [9.17, 15) is 8.42 Å². The van der Waals surface area contributed by atoms with Crippen molar-refractivity contribution >= 4 is 21.4 Å². The van der Waals surface area contributed by atoms with Gasteiger partial charge in [0.1, 0.15) is 0 Å². The zero-order chi connectivity index (χ0) is 18.7. The first kappa shape index (κ1) is 18.7. The summed E-state index contributed by atoms with van der Waals surface area (Å²) in [5.41, 5.74) is 3.29.